The zero-order chi connectivity index (χ0) is 19.1. The number of aromatic nitrogens is 2. The average Bonchev–Trinajstić information content (AvgIpc) is 3.16. The molecule has 142 valence electrons. The van der Waals surface area contributed by atoms with E-state index in [-0.39, 0.29) is 18.6 Å². The Morgan fingerprint density at radius 1 is 1.19 bits per heavy atom. The maximum atomic E-state index is 12.5. The fourth-order valence-electron chi connectivity index (χ4n) is 3.25. The molecule has 26 heavy (non-hydrogen) atoms. The van der Waals surface area contributed by atoms with Crippen molar-refractivity contribution in [3.63, 3.8) is 0 Å². The zero-order valence-electron chi connectivity index (χ0n) is 15.2. The van der Waals surface area contributed by atoms with Crippen LogP contribution in [0.4, 0.5) is 5.82 Å². The Morgan fingerprint density at radius 2 is 1.85 bits per heavy atom. The molecule has 0 aliphatic carbocycles. The molecular weight excluding hydrogens is 356 g/mol. The summed E-state index contributed by atoms with van der Waals surface area (Å²) in [6.07, 6.45) is 0.626. The van der Waals surface area contributed by atoms with Crippen LogP contribution in [0, 0.1) is 5.92 Å². The van der Waals surface area contributed by atoms with Gasteiger partial charge in [0.1, 0.15) is 5.82 Å². The average molecular weight is 379 g/mol. The number of piperidine rings is 1. The van der Waals surface area contributed by atoms with Crippen molar-refractivity contribution in [3.8, 4) is 0 Å². The largest absolute Gasteiger partial charge is 0.550 e. The normalized spacial score (nSPS) is 17.9. The molecule has 0 radical (unpaired) electrons. The Morgan fingerprint density at radius 3 is 2.42 bits per heavy atom. The summed E-state index contributed by atoms with van der Waals surface area (Å²) in [5.41, 5.74) is 1.59. The molecule has 0 unspecified atom stereocenters. The lowest BCUT2D eigenvalue weighted by atomic mass is 9.97. The van der Waals surface area contributed by atoms with Crippen molar-refractivity contribution in [2.75, 3.05) is 18.4 Å². The number of nitrogens with zero attached hydrogens (tertiary/aromatic N) is 3. The molecule has 1 saturated heterocycles. The molecule has 2 aliphatic rings. The number of carboxylic acids is 1. The van der Waals surface area contributed by atoms with Crippen molar-refractivity contribution < 1.29 is 19.5 Å². The number of hydrogen-bond acceptors (Lipinski definition) is 6. The molecule has 2 amide bonds. The molecule has 0 saturated carbocycles. The highest BCUT2D eigenvalue weighted by molar-refractivity contribution is 7.98. The predicted octanol–water partition coefficient (Wildman–Crippen LogP) is 0.312. The summed E-state index contributed by atoms with van der Waals surface area (Å²) in [6, 6.07) is 0. The quantitative estimate of drug-likeness (QED) is 0.741. The molecule has 0 spiro atoms. The highest BCUT2D eigenvalue weighted by Crippen LogP contribution is 2.37. The first-order valence-electron chi connectivity index (χ1n) is 8.68. The topological polar surface area (TPSA) is 107 Å². The van der Waals surface area contributed by atoms with Gasteiger partial charge in [-0.2, -0.15) is 16.9 Å². The predicted molar refractivity (Wildman–Crippen MR) is 95.2 cm³/mol. The third-order valence-electron chi connectivity index (χ3n) is 4.73. The minimum atomic E-state index is -1.09. The fourth-order valence-corrected chi connectivity index (χ4v) is 4.28. The number of carbonyl (C=O) groups excluding carboxylic acids is 3. The van der Waals surface area contributed by atoms with E-state index < -0.39 is 23.7 Å². The standard InChI is InChI=1S/C17H24N4O4S/c1-17(2,3)21-13(11-8-26-9-12(11)19-21)18-14(22)15(23)20-6-4-10(5-7-20)16(24)25/h10H,4-9H2,1-3H3,(H,18,22)(H,24,25)/p-1. The van der Waals surface area contributed by atoms with Gasteiger partial charge in [-0.1, -0.05) is 0 Å². The van der Waals surface area contributed by atoms with Crippen LogP contribution >= 0.6 is 11.8 Å². The molecule has 1 fully saturated rings. The number of rotatable bonds is 2. The van der Waals surface area contributed by atoms with E-state index >= 15 is 0 Å². The lowest BCUT2D eigenvalue weighted by molar-refractivity contribution is -0.312. The molecule has 0 aromatic carbocycles. The summed E-state index contributed by atoms with van der Waals surface area (Å²) in [4.78, 5) is 37.3. The molecule has 2 aliphatic heterocycles. The SMILES string of the molecule is CC(C)(C)n1nc2c(c1NC(=O)C(=O)N1CCC(C(=O)[O-])CC1)CSC2. The van der Waals surface area contributed by atoms with Crippen molar-refractivity contribution in [2.24, 2.45) is 5.92 Å². The Kier molecular flexibility index (Phi) is 5.01. The smallest absolute Gasteiger partial charge is 0.315 e. The summed E-state index contributed by atoms with van der Waals surface area (Å²) in [7, 11) is 0. The second kappa shape index (κ2) is 6.94. The first kappa shape index (κ1) is 18.8. The summed E-state index contributed by atoms with van der Waals surface area (Å²) >= 11 is 1.73. The van der Waals surface area contributed by atoms with Gasteiger partial charge >= 0.3 is 11.8 Å². The summed E-state index contributed by atoms with van der Waals surface area (Å²) < 4.78 is 1.77. The van der Waals surface area contributed by atoms with Gasteiger partial charge in [-0.05, 0) is 33.6 Å². The van der Waals surface area contributed by atoms with Crippen molar-refractivity contribution in [1.82, 2.24) is 14.7 Å². The molecule has 3 heterocycles. The Bertz CT molecular complexity index is 745. The molecule has 1 aromatic heterocycles. The van der Waals surface area contributed by atoms with Crippen LogP contribution in [0.1, 0.15) is 44.9 Å². The Hall–Kier alpha value is -2.03. The second-order valence-corrected chi connectivity index (χ2v) is 8.67. The van der Waals surface area contributed by atoms with Crippen LogP contribution in [0.3, 0.4) is 0 Å². The van der Waals surface area contributed by atoms with Gasteiger partial charge in [0, 0.05) is 42.0 Å². The van der Waals surface area contributed by atoms with E-state index in [2.05, 4.69) is 10.4 Å². The van der Waals surface area contributed by atoms with Crippen LogP contribution in [0.25, 0.3) is 0 Å². The number of carboxylic acid groups (broad SMARTS) is 1. The number of thioether (sulfide) groups is 1. The van der Waals surface area contributed by atoms with Crippen molar-refractivity contribution in [3.05, 3.63) is 11.3 Å². The van der Waals surface area contributed by atoms with Crippen LogP contribution in [-0.2, 0) is 31.4 Å². The van der Waals surface area contributed by atoms with Crippen LogP contribution in [0.5, 0.6) is 0 Å². The summed E-state index contributed by atoms with van der Waals surface area (Å²) in [6.45, 7) is 6.47. The van der Waals surface area contributed by atoms with Crippen LogP contribution in [-0.4, -0.2) is 45.6 Å². The molecule has 0 bridgehead atoms. The van der Waals surface area contributed by atoms with Crippen molar-refractivity contribution in [2.45, 2.75) is 50.7 Å². The maximum absolute atomic E-state index is 12.5. The van der Waals surface area contributed by atoms with Crippen LogP contribution in [0.2, 0.25) is 0 Å². The first-order valence-corrected chi connectivity index (χ1v) is 9.84. The monoisotopic (exact) mass is 379 g/mol. The summed E-state index contributed by atoms with van der Waals surface area (Å²) in [5.74, 6) is -0.850. The minimum absolute atomic E-state index is 0.247. The van der Waals surface area contributed by atoms with Gasteiger partial charge < -0.3 is 20.1 Å². The number of carbonyl (C=O) groups is 3. The van der Waals surface area contributed by atoms with E-state index in [1.54, 1.807) is 16.4 Å². The highest BCUT2D eigenvalue weighted by Gasteiger charge is 2.32. The van der Waals surface area contributed by atoms with Gasteiger partial charge in [0.15, 0.2) is 0 Å². The van der Waals surface area contributed by atoms with E-state index in [9.17, 15) is 19.5 Å². The van der Waals surface area contributed by atoms with Crippen molar-refractivity contribution in [1.29, 1.82) is 0 Å². The Labute approximate surface area is 156 Å². The van der Waals surface area contributed by atoms with Gasteiger partial charge in [0.25, 0.3) is 0 Å². The van der Waals surface area contributed by atoms with Gasteiger partial charge in [0.2, 0.25) is 0 Å². The second-order valence-electron chi connectivity index (χ2n) is 7.69. The van der Waals surface area contributed by atoms with E-state index in [0.717, 1.165) is 22.8 Å². The van der Waals surface area contributed by atoms with Crippen LogP contribution in [0.15, 0.2) is 0 Å². The maximum Gasteiger partial charge on any atom is 0.315 e. The lowest BCUT2D eigenvalue weighted by Crippen LogP contribution is -2.47. The third-order valence-corrected chi connectivity index (χ3v) is 5.70. The highest BCUT2D eigenvalue weighted by atomic mass is 32.2. The molecule has 8 nitrogen and oxygen atoms in total. The first-order chi connectivity index (χ1) is 12.2. The number of likely N-dealkylation sites (tertiary alicyclic amines) is 1. The van der Waals surface area contributed by atoms with E-state index in [4.69, 9.17) is 0 Å². The molecule has 1 aromatic rings. The third kappa shape index (κ3) is 3.58. The molecule has 9 heteroatoms. The van der Waals surface area contributed by atoms with E-state index in [1.165, 1.54) is 4.90 Å². The number of fused-ring (bicyclic) bond motifs is 1. The van der Waals surface area contributed by atoms with Gasteiger partial charge in [0.05, 0.1) is 11.2 Å². The molecule has 0 atom stereocenters. The Balaban J connectivity index is 1.73. The van der Waals surface area contributed by atoms with Crippen molar-refractivity contribution >= 4 is 35.4 Å². The number of hydrogen-bond donors (Lipinski definition) is 1. The summed E-state index contributed by atoms with van der Waals surface area (Å²) in [5, 5.41) is 18.3. The van der Waals surface area contributed by atoms with Gasteiger partial charge in [-0.3, -0.25) is 9.59 Å². The number of amides is 2. The zero-order valence-corrected chi connectivity index (χ0v) is 16.0. The molecule has 1 N–H and O–H groups in total. The molecule has 3 rings (SSSR count). The fraction of sp³-hybridized carbons (Fsp3) is 0.647. The number of anilines is 1. The van der Waals surface area contributed by atoms with Gasteiger partial charge in [-0.25, -0.2) is 4.68 Å². The number of nitrogens with one attached hydrogen (secondary N) is 1. The van der Waals surface area contributed by atoms with E-state index in [1.807, 2.05) is 20.8 Å². The van der Waals surface area contributed by atoms with E-state index in [0.29, 0.717) is 18.7 Å². The number of aliphatic carboxylic acids is 1. The molecular formula is C17H23N4O4S-. The van der Waals surface area contributed by atoms with Gasteiger partial charge in [-0.15, -0.1) is 0 Å². The minimum Gasteiger partial charge on any atom is -0.550 e. The lowest BCUT2D eigenvalue weighted by Gasteiger charge is -2.32. The van der Waals surface area contributed by atoms with Crippen LogP contribution < -0.4 is 10.4 Å².